The second-order valence-corrected chi connectivity index (χ2v) is 5.90. The second-order valence-electron chi connectivity index (χ2n) is 5.90. The van der Waals surface area contributed by atoms with Crippen molar-refractivity contribution in [3.8, 4) is 5.75 Å². The lowest BCUT2D eigenvalue weighted by atomic mass is 10.1. The second kappa shape index (κ2) is 6.32. The highest BCUT2D eigenvalue weighted by Gasteiger charge is 2.28. The quantitative estimate of drug-likeness (QED) is 0.886. The van der Waals surface area contributed by atoms with Gasteiger partial charge in [-0.05, 0) is 49.6 Å². The van der Waals surface area contributed by atoms with Gasteiger partial charge in [0.1, 0.15) is 11.9 Å². The minimum absolute atomic E-state index is 0.0225. The first-order valence-electron chi connectivity index (χ1n) is 8.00. The number of nitrogens with zero attached hydrogens (tertiary/aromatic N) is 1. The number of rotatable bonds is 2. The minimum Gasteiger partial charge on any atom is -0.486 e. The van der Waals surface area contributed by atoms with Crippen molar-refractivity contribution >= 4 is 17.4 Å². The van der Waals surface area contributed by atoms with Crippen LogP contribution in [0, 0.1) is 13.8 Å². The molecule has 2 amide bonds. The van der Waals surface area contributed by atoms with E-state index in [1.165, 1.54) is 0 Å². The average molecular weight is 310 g/mol. The first kappa shape index (κ1) is 15.4. The number of anilines is 2. The maximum absolute atomic E-state index is 12.8. The molecule has 3 rings (SSSR count). The van der Waals surface area contributed by atoms with Gasteiger partial charge in [-0.3, -0.25) is 4.90 Å². The van der Waals surface area contributed by atoms with E-state index in [2.05, 4.69) is 12.2 Å². The van der Waals surface area contributed by atoms with E-state index in [9.17, 15) is 4.79 Å². The molecule has 0 aromatic heterocycles. The molecule has 0 aliphatic carbocycles. The zero-order valence-electron chi connectivity index (χ0n) is 13.8. The molecule has 0 saturated heterocycles. The van der Waals surface area contributed by atoms with Crippen molar-refractivity contribution in [1.82, 2.24) is 0 Å². The number of ether oxygens (including phenoxy) is 1. The lowest BCUT2D eigenvalue weighted by Crippen LogP contribution is -2.45. The summed E-state index contributed by atoms with van der Waals surface area (Å²) in [5.41, 5.74) is 3.93. The van der Waals surface area contributed by atoms with Gasteiger partial charge < -0.3 is 10.1 Å². The zero-order valence-corrected chi connectivity index (χ0v) is 13.8. The van der Waals surface area contributed by atoms with Crippen LogP contribution in [0.4, 0.5) is 16.2 Å². The Morgan fingerprint density at radius 3 is 2.78 bits per heavy atom. The number of amides is 2. The van der Waals surface area contributed by atoms with Gasteiger partial charge in [0, 0.05) is 5.69 Å². The first-order valence-corrected chi connectivity index (χ1v) is 8.00. The molecule has 120 valence electrons. The molecule has 1 heterocycles. The van der Waals surface area contributed by atoms with Crippen LogP contribution < -0.4 is 15.0 Å². The number of fused-ring (bicyclic) bond motifs is 1. The first-order chi connectivity index (χ1) is 11.1. The normalized spacial score (nSPS) is 16.5. The predicted octanol–water partition coefficient (Wildman–Crippen LogP) is 4.51. The van der Waals surface area contributed by atoms with Crippen LogP contribution in [0.1, 0.15) is 24.5 Å². The Bertz CT molecular complexity index is 727. The number of carbonyl (C=O) groups excluding carboxylic acids is 1. The van der Waals surface area contributed by atoms with Crippen LogP contribution in [-0.4, -0.2) is 18.7 Å². The molecule has 0 spiro atoms. The molecule has 2 aromatic rings. The molecule has 2 aromatic carbocycles. The van der Waals surface area contributed by atoms with Crippen molar-refractivity contribution in [3.05, 3.63) is 53.6 Å². The number of carbonyl (C=O) groups is 1. The Balaban J connectivity index is 1.88. The lowest BCUT2D eigenvalue weighted by Gasteiger charge is -2.34. The monoisotopic (exact) mass is 310 g/mol. The third kappa shape index (κ3) is 3.02. The van der Waals surface area contributed by atoms with Crippen molar-refractivity contribution in [2.24, 2.45) is 0 Å². The van der Waals surface area contributed by atoms with E-state index in [0.717, 1.165) is 34.7 Å². The van der Waals surface area contributed by atoms with Crippen molar-refractivity contribution < 1.29 is 9.53 Å². The van der Waals surface area contributed by atoms with Crippen molar-refractivity contribution in [2.75, 3.05) is 16.8 Å². The van der Waals surface area contributed by atoms with Crippen LogP contribution in [0.5, 0.6) is 5.75 Å². The van der Waals surface area contributed by atoms with E-state index in [1.54, 1.807) is 4.90 Å². The Morgan fingerprint density at radius 1 is 1.22 bits per heavy atom. The molecule has 1 aliphatic rings. The van der Waals surface area contributed by atoms with Crippen LogP contribution in [0.2, 0.25) is 0 Å². The molecular weight excluding hydrogens is 288 g/mol. The highest BCUT2D eigenvalue weighted by Crippen LogP contribution is 2.34. The van der Waals surface area contributed by atoms with Gasteiger partial charge in [-0.1, -0.05) is 31.2 Å². The third-order valence-corrected chi connectivity index (χ3v) is 4.38. The van der Waals surface area contributed by atoms with Crippen molar-refractivity contribution in [3.63, 3.8) is 0 Å². The Morgan fingerprint density at radius 2 is 2.00 bits per heavy atom. The largest absolute Gasteiger partial charge is 0.486 e. The van der Waals surface area contributed by atoms with Gasteiger partial charge in [-0.25, -0.2) is 4.79 Å². The summed E-state index contributed by atoms with van der Waals surface area (Å²) in [6, 6.07) is 13.5. The van der Waals surface area contributed by atoms with Crippen LogP contribution >= 0.6 is 0 Å². The Labute approximate surface area is 137 Å². The summed E-state index contributed by atoms with van der Waals surface area (Å²) in [5.74, 6) is 0.765. The molecule has 0 bridgehead atoms. The number of para-hydroxylation sites is 2. The molecule has 23 heavy (non-hydrogen) atoms. The topological polar surface area (TPSA) is 41.6 Å². The average Bonchev–Trinajstić information content (AvgIpc) is 2.57. The molecule has 0 fully saturated rings. The smallest absolute Gasteiger partial charge is 0.326 e. The summed E-state index contributed by atoms with van der Waals surface area (Å²) in [4.78, 5) is 14.6. The number of aryl methyl sites for hydroxylation is 1. The van der Waals surface area contributed by atoms with E-state index in [4.69, 9.17) is 4.74 Å². The van der Waals surface area contributed by atoms with Gasteiger partial charge in [0.25, 0.3) is 0 Å². The van der Waals surface area contributed by atoms with E-state index >= 15 is 0 Å². The van der Waals surface area contributed by atoms with Crippen molar-refractivity contribution in [1.29, 1.82) is 0 Å². The summed E-state index contributed by atoms with van der Waals surface area (Å²) in [6.07, 6.45) is 0.885. The van der Waals surface area contributed by atoms with E-state index in [1.807, 2.05) is 56.3 Å². The zero-order chi connectivity index (χ0) is 16.4. The fourth-order valence-corrected chi connectivity index (χ4v) is 2.77. The van der Waals surface area contributed by atoms with Crippen LogP contribution in [-0.2, 0) is 0 Å². The molecule has 4 nitrogen and oxygen atoms in total. The highest BCUT2D eigenvalue weighted by atomic mass is 16.5. The van der Waals surface area contributed by atoms with E-state index in [-0.39, 0.29) is 12.1 Å². The van der Waals surface area contributed by atoms with Gasteiger partial charge >= 0.3 is 6.03 Å². The van der Waals surface area contributed by atoms with E-state index in [0.29, 0.717) is 6.54 Å². The van der Waals surface area contributed by atoms with Crippen LogP contribution in [0.25, 0.3) is 0 Å². The Kier molecular flexibility index (Phi) is 4.24. The maximum Gasteiger partial charge on any atom is 0.326 e. The van der Waals surface area contributed by atoms with Crippen LogP contribution in [0.15, 0.2) is 42.5 Å². The summed E-state index contributed by atoms with van der Waals surface area (Å²) in [5, 5.41) is 3.04. The molecule has 4 heteroatoms. The summed E-state index contributed by atoms with van der Waals surface area (Å²) >= 11 is 0. The summed E-state index contributed by atoms with van der Waals surface area (Å²) in [6.45, 7) is 6.69. The van der Waals surface area contributed by atoms with Gasteiger partial charge in [0.15, 0.2) is 0 Å². The minimum atomic E-state index is -0.118. The molecule has 1 aliphatic heterocycles. The molecule has 1 atom stereocenters. The molecule has 1 N–H and O–H groups in total. The maximum atomic E-state index is 12.8. The molecule has 1 unspecified atom stereocenters. The molecular formula is C19H22N2O2. The highest BCUT2D eigenvalue weighted by molar-refractivity contribution is 6.03. The molecule has 0 saturated carbocycles. The van der Waals surface area contributed by atoms with Crippen molar-refractivity contribution in [2.45, 2.75) is 33.3 Å². The number of benzene rings is 2. The summed E-state index contributed by atoms with van der Waals surface area (Å²) < 4.78 is 5.93. The number of nitrogens with one attached hydrogen (secondary N) is 1. The third-order valence-electron chi connectivity index (χ3n) is 4.38. The fourth-order valence-electron chi connectivity index (χ4n) is 2.77. The number of urea groups is 1. The van der Waals surface area contributed by atoms with Gasteiger partial charge in [-0.2, -0.15) is 0 Å². The molecule has 0 radical (unpaired) electrons. The fraction of sp³-hybridized carbons (Fsp3) is 0.316. The number of hydrogen-bond donors (Lipinski definition) is 1. The van der Waals surface area contributed by atoms with Gasteiger partial charge in [0.05, 0.1) is 12.2 Å². The standard InChI is InChI=1S/C19H22N2O2/c1-4-15-12-21(17-10-5-6-11-18(17)23-15)19(22)20-16-9-7-8-13(2)14(16)3/h5-11,15H,4,12H2,1-3H3,(H,20,22). The van der Waals surface area contributed by atoms with E-state index < -0.39 is 0 Å². The van der Waals surface area contributed by atoms with Crippen LogP contribution in [0.3, 0.4) is 0 Å². The predicted molar refractivity (Wildman–Crippen MR) is 93.4 cm³/mol. The van der Waals surface area contributed by atoms with Gasteiger partial charge in [-0.15, -0.1) is 0 Å². The van der Waals surface area contributed by atoms with Gasteiger partial charge in [0.2, 0.25) is 0 Å². The number of hydrogen-bond acceptors (Lipinski definition) is 2. The lowest BCUT2D eigenvalue weighted by molar-refractivity contribution is 0.188. The SMILES string of the molecule is CCC1CN(C(=O)Nc2cccc(C)c2C)c2ccccc2O1. The summed E-state index contributed by atoms with van der Waals surface area (Å²) in [7, 11) is 0. The Hall–Kier alpha value is -2.49.